The summed E-state index contributed by atoms with van der Waals surface area (Å²) in [5.74, 6) is -0.116. The van der Waals surface area contributed by atoms with Gasteiger partial charge in [0.25, 0.3) is 0 Å². The monoisotopic (exact) mass is 256 g/mol. The van der Waals surface area contributed by atoms with Gasteiger partial charge in [0.05, 0.1) is 7.11 Å². The van der Waals surface area contributed by atoms with Gasteiger partial charge in [-0.3, -0.25) is 9.69 Å². The standard InChI is InChI=1S/C14H28N2O2/c1-6-16(11(2)3)12-8-7-9-14(10-12,15-4)13(17)18-5/h11-12,15H,6-10H2,1-5H3. The highest BCUT2D eigenvalue weighted by molar-refractivity contribution is 5.81. The van der Waals surface area contributed by atoms with E-state index in [4.69, 9.17) is 4.74 Å². The number of likely N-dealkylation sites (N-methyl/N-ethyl adjacent to an activating group) is 1. The Balaban J connectivity index is 2.83. The van der Waals surface area contributed by atoms with E-state index in [1.807, 2.05) is 7.05 Å². The number of rotatable bonds is 5. The van der Waals surface area contributed by atoms with Crippen molar-refractivity contribution in [3.05, 3.63) is 0 Å². The Bertz CT molecular complexity index is 281. The van der Waals surface area contributed by atoms with Gasteiger partial charge in [-0.15, -0.1) is 0 Å². The van der Waals surface area contributed by atoms with Crippen molar-refractivity contribution in [3.8, 4) is 0 Å². The van der Waals surface area contributed by atoms with E-state index in [2.05, 4.69) is 31.0 Å². The van der Waals surface area contributed by atoms with Crippen molar-refractivity contribution in [2.45, 2.75) is 64.1 Å². The molecule has 0 aromatic heterocycles. The number of nitrogens with one attached hydrogen (secondary N) is 1. The average molecular weight is 256 g/mol. The van der Waals surface area contributed by atoms with E-state index >= 15 is 0 Å². The topological polar surface area (TPSA) is 41.6 Å². The number of carbonyl (C=O) groups is 1. The van der Waals surface area contributed by atoms with Crippen molar-refractivity contribution in [2.75, 3.05) is 20.7 Å². The lowest BCUT2D eigenvalue weighted by molar-refractivity contribution is -0.151. The minimum absolute atomic E-state index is 0.116. The van der Waals surface area contributed by atoms with Crippen LogP contribution in [0.2, 0.25) is 0 Å². The molecule has 1 fully saturated rings. The fraction of sp³-hybridized carbons (Fsp3) is 0.929. The first kappa shape index (κ1) is 15.4. The third-order valence-electron chi connectivity index (χ3n) is 4.28. The summed E-state index contributed by atoms with van der Waals surface area (Å²) < 4.78 is 4.99. The molecule has 1 aliphatic carbocycles. The molecule has 18 heavy (non-hydrogen) atoms. The van der Waals surface area contributed by atoms with Gasteiger partial charge in [0, 0.05) is 12.1 Å². The lowest BCUT2D eigenvalue weighted by Gasteiger charge is -2.44. The molecule has 1 N–H and O–H groups in total. The van der Waals surface area contributed by atoms with Crippen molar-refractivity contribution in [2.24, 2.45) is 0 Å². The zero-order chi connectivity index (χ0) is 13.8. The number of hydrogen-bond acceptors (Lipinski definition) is 4. The fourth-order valence-corrected chi connectivity index (χ4v) is 3.28. The molecule has 0 aromatic carbocycles. The highest BCUT2D eigenvalue weighted by Gasteiger charge is 2.44. The van der Waals surface area contributed by atoms with Gasteiger partial charge < -0.3 is 10.1 Å². The van der Waals surface area contributed by atoms with Crippen LogP contribution in [0.5, 0.6) is 0 Å². The molecule has 0 spiro atoms. The van der Waals surface area contributed by atoms with Gasteiger partial charge in [-0.25, -0.2) is 0 Å². The summed E-state index contributed by atoms with van der Waals surface area (Å²) in [6, 6.07) is 0.987. The lowest BCUT2D eigenvalue weighted by atomic mass is 9.78. The largest absolute Gasteiger partial charge is 0.468 e. The third-order valence-corrected chi connectivity index (χ3v) is 4.28. The molecule has 106 valence electrons. The zero-order valence-corrected chi connectivity index (χ0v) is 12.5. The van der Waals surface area contributed by atoms with Gasteiger partial charge in [0.1, 0.15) is 5.54 Å². The Morgan fingerprint density at radius 3 is 2.67 bits per heavy atom. The van der Waals surface area contributed by atoms with Crippen LogP contribution in [0, 0.1) is 0 Å². The Labute approximate surface area is 111 Å². The number of hydrogen-bond donors (Lipinski definition) is 1. The SMILES string of the molecule is CCN(C(C)C)C1CCCC(NC)(C(=O)OC)C1. The van der Waals surface area contributed by atoms with E-state index in [0.717, 1.165) is 25.8 Å². The maximum absolute atomic E-state index is 12.0. The molecule has 1 rings (SSSR count). The van der Waals surface area contributed by atoms with Gasteiger partial charge in [0.2, 0.25) is 0 Å². The molecule has 0 heterocycles. The first-order valence-corrected chi connectivity index (χ1v) is 7.03. The van der Waals surface area contributed by atoms with Crippen LogP contribution in [0.25, 0.3) is 0 Å². The normalized spacial score (nSPS) is 28.7. The fourth-order valence-electron chi connectivity index (χ4n) is 3.28. The van der Waals surface area contributed by atoms with Gasteiger partial charge in [-0.05, 0) is 53.1 Å². The maximum Gasteiger partial charge on any atom is 0.326 e. The second-order valence-electron chi connectivity index (χ2n) is 5.50. The van der Waals surface area contributed by atoms with Crippen LogP contribution >= 0.6 is 0 Å². The zero-order valence-electron chi connectivity index (χ0n) is 12.5. The van der Waals surface area contributed by atoms with Crippen LogP contribution in [0.4, 0.5) is 0 Å². The Morgan fingerprint density at radius 1 is 1.56 bits per heavy atom. The van der Waals surface area contributed by atoms with Crippen LogP contribution in [0.15, 0.2) is 0 Å². The van der Waals surface area contributed by atoms with Crippen molar-refractivity contribution in [1.29, 1.82) is 0 Å². The third kappa shape index (κ3) is 3.04. The van der Waals surface area contributed by atoms with Gasteiger partial charge >= 0.3 is 5.97 Å². The van der Waals surface area contributed by atoms with Gasteiger partial charge in [-0.2, -0.15) is 0 Å². The second-order valence-corrected chi connectivity index (χ2v) is 5.50. The quantitative estimate of drug-likeness (QED) is 0.762. The second kappa shape index (κ2) is 6.53. The summed E-state index contributed by atoms with van der Waals surface area (Å²) in [6.45, 7) is 7.66. The molecule has 1 aliphatic rings. The summed E-state index contributed by atoms with van der Waals surface area (Å²) in [4.78, 5) is 14.5. The minimum atomic E-state index is -0.486. The van der Waals surface area contributed by atoms with E-state index in [0.29, 0.717) is 12.1 Å². The van der Waals surface area contributed by atoms with E-state index in [1.54, 1.807) is 0 Å². The van der Waals surface area contributed by atoms with E-state index in [9.17, 15) is 4.79 Å². The van der Waals surface area contributed by atoms with Crippen LogP contribution in [-0.2, 0) is 9.53 Å². The first-order valence-electron chi connectivity index (χ1n) is 7.03. The van der Waals surface area contributed by atoms with Crippen LogP contribution in [0.3, 0.4) is 0 Å². The molecule has 0 saturated heterocycles. The molecular weight excluding hydrogens is 228 g/mol. The highest BCUT2D eigenvalue weighted by Crippen LogP contribution is 2.32. The molecule has 0 aliphatic heterocycles. The predicted molar refractivity (Wildman–Crippen MR) is 73.6 cm³/mol. The molecule has 2 unspecified atom stereocenters. The maximum atomic E-state index is 12.0. The van der Waals surface area contributed by atoms with E-state index in [1.165, 1.54) is 13.5 Å². The number of esters is 1. The summed E-state index contributed by atoms with van der Waals surface area (Å²) in [7, 11) is 3.34. The molecular formula is C14H28N2O2. The molecule has 0 radical (unpaired) electrons. The molecule has 4 nitrogen and oxygen atoms in total. The van der Waals surface area contributed by atoms with Crippen LogP contribution < -0.4 is 5.32 Å². The minimum Gasteiger partial charge on any atom is -0.468 e. The Morgan fingerprint density at radius 2 is 2.22 bits per heavy atom. The number of nitrogens with zero attached hydrogens (tertiary/aromatic N) is 1. The lowest BCUT2D eigenvalue weighted by Crippen LogP contribution is -2.58. The van der Waals surface area contributed by atoms with Crippen molar-refractivity contribution in [1.82, 2.24) is 10.2 Å². The van der Waals surface area contributed by atoms with Crippen molar-refractivity contribution >= 4 is 5.97 Å². The van der Waals surface area contributed by atoms with E-state index < -0.39 is 5.54 Å². The smallest absolute Gasteiger partial charge is 0.326 e. The summed E-state index contributed by atoms with van der Waals surface area (Å²) in [6.07, 6.45) is 3.97. The molecule has 0 aromatic rings. The molecule has 4 heteroatoms. The predicted octanol–water partition coefficient (Wildman–Crippen LogP) is 1.79. The molecule has 0 amide bonds. The molecule has 0 bridgehead atoms. The van der Waals surface area contributed by atoms with Crippen LogP contribution in [-0.4, -0.2) is 49.2 Å². The number of ether oxygens (including phenoxy) is 1. The van der Waals surface area contributed by atoms with Crippen LogP contribution in [0.1, 0.15) is 46.5 Å². The summed E-state index contributed by atoms with van der Waals surface area (Å²) >= 11 is 0. The highest BCUT2D eigenvalue weighted by atomic mass is 16.5. The Kier molecular flexibility index (Phi) is 5.60. The number of methoxy groups -OCH3 is 1. The van der Waals surface area contributed by atoms with Crippen molar-refractivity contribution in [3.63, 3.8) is 0 Å². The van der Waals surface area contributed by atoms with Gasteiger partial charge in [-0.1, -0.05) is 6.92 Å². The Hall–Kier alpha value is -0.610. The first-order chi connectivity index (χ1) is 8.50. The summed E-state index contributed by atoms with van der Waals surface area (Å²) in [5.41, 5.74) is -0.486. The van der Waals surface area contributed by atoms with E-state index in [-0.39, 0.29) is 5.97 Å². The summed E-state index contributed by atoms with van der Waals surface area (Å²) in [5, 5.41) is 3.21. The molecule has 1 saturated carbocycles. The van der Waals surface area contributed by atoms with Crippen molar-refractivity contribution < 1.29 is 9.53 Å². The molecule has 2 atom stereocenters. The number of carbonyl (C=O) groups excluding carboxylic acids is 1. The average Bonchev–Trinajstić information content (AvgIpc) is 2.38. The van der Waals surface area contributed by atoms with Gasteiger partial charge in [0.15, 0.2) is 0 Å².